The van der Waals surface area contributed by atoms with Crippen molar-refractivity contribution in [1.29, 1.82) is 0 Å². The van der Waals surface area contributed by atoms with Gasteiger partial charge in [0, 0.05) is 11.0 Å². The molecule has 1 saturated heterocycles. The molecule has 1 N–H and O–H groups in total. The van der Waals surface area contributed by atoms with Gasteiger partial charge in [-0.3, -0.25) is 0 Å². The van der Waals surface area contributed by atoms with Crippen LogP contribution < -0.4 is 5.32 Å². The second kappa shape index (κ2) is 4.11. The van der Waals surface area contributed by atoms with Gasteiger partial charge in [-0.25, -0.2) is 13.2 Å². The number of amides is 1. The molecule has 1 atom stereocenters. The standard InChI is InChI=1S/C13H23NO4S/c1-11(2,3)18-10(15)14-13(5-6-13)12(4)7-8-19(16,17)9-12/h5-9H2,1-4H3,(H,14,15). The van der Waals surface area contributed by atoms with Gasteiger partial charge < -0.3 is 10.1 Å². The quantitative estimate of drug-likeness (QED) is 0.842. The molecule has 110 valence electrons. The van der Waals surface area contributed by atoms with Crippen LogP contribution in [0, 0.1) is 5.41 Å². The fourth-order valence-corrected chi connectivity index (χ4v) is 5.19. The maximum absolute atomic E-state index is 11.9. The molecule has 19 heavy (non-hydrogen) atoms. The zero-order valence-electron chi connectivity index (χ0n) is 12.1. The van der Waals surface area contributed by atoms with E-state index in [4.69, 9.17) is 4.74 Å². The summed E-state index contributed by atoms with van der Waals surface area (Å²) in [6.45, 7) is 7.40. The van der Waals surface area contributed by atoms with Gasteiger partial charge in [-0.1, -0.05) is 6.92 Å². The first kappa shape index (κ1) is 14.6. The first-order chi connectivity index (χ1) is 8.47. The van der Waals surface area contributed by atoms with E-state index in [-0.39, 0.29) is 22.5 Å². The summed E-state index contributed by atoms with van der Waals surface area (Å²) in [4.78, 5) is 11.9. The van der Waals surface area contributed by atoms with E-state index in [1.807, 2.05) is 27.7 Å². The molecule has 6 heteroatoms. The Morgan fingerprint density at radius 1 is 1.21 bits per heavy atom. The van der Waals surface area contributed by atoms with Crippen LogP contribution in [0.3, 0.4) is 0 Å². The molecule has 0 spiro atoms. The van der Waals surface area contributed by atoms with E-state index in [1.54, 1.807) is 0 Å². The first-order valence-corrected chi connectivity index (χ1v) is 8.51. The van der Waals surface area contributed by atoms with Crippen molar-refractivity contribution in [3.05, 3.63) is 0 Å². The molecule has 1 aliphatic carbocycles. The highest BCUT2D eigenvalue weighted by Gasteiger charge is 2.61. The number of nitrogens with one attached hydrogen (secondary N) is 1. The van der Waals surface area contributed by atoms with Crippen molar-refractivity contribution in [2.45, 2.75) is 58.1 Å². The molecule has 1 amide bonds. The van der Waals surface area contributed by atoms with E-state index in [1.165, 1.54) is 0 Å². The first-order valence-electron chi connectivity index (χ1n) is 6.69. The summed E-state index contributed by atoms with van der Waals surface area (Å²) in [5.41, 5.74) is -1.29. The molecule has 0 aromatic rings. The number of sulfone groups is 1. The Kier molecular flexibility index (Phi) is 3.16. The zero-order chi connectivity index (χ0) is 14.5. The summed E-state index contributed by atoms with van der Waals surface area (Å²) >= 11 is 0. The van der Waals surface area contributed by atoms with Gasteiger partial charge in [0.05, 0.1) is 11.5 Å². The summed E-state index contributed by atoms with van der Waals surface area (Å²) in [6.07, 6.45) is 1.83. The molecule has 1 aliphatic heterocycles. The Balaban J connectivity index is 2.06. The van der Waals surface area contributed by atoms with E-state index in [9.17, 15) is 13.2 Å². The number of carbonyl (C=O) groups is 1. The zero-order valence-corrected chi connectivity index (χ0v) is 12.9. The fourth-order valence-electron chi connectivity index (χ4n) is 2.89. The van der Waals surface area contributed by atoms with E-state index in [0.717, 1.165) is 12.8 Å². The second-order valence-corrected chi connectivity index (χ2v) is 9.30. The van der Waals surface area contributed by atoms with Gasteiger partial charge in [0.25, 0.3) is 0 Å². The normalized spacial score (nSPS) is 31.8. The second-order valence-electron chi connectivity index (χ2n) is 7.11. The van der Waals surface area contributed by atoms with E-state index in [2.05, 4.69) is 5.32 Å². The summed E-state index contributed by atoms with van der Waals surface area (Å²) in [5, 5.41) is 2.92. The van der Waals surface area contributed by atoms with Crippen LogP contribution >= 0.6 is 0 Å². The van der Waals surface area contributed by atoms with Crippen molar-refractivity contribution in [2.24, 2.45) is 5.41 Å². The van der Waals surface area contributed by atoms with Crippen LogP contribution in [0.1, 0.15) is 47.0 Å². The number of alkyl carbamates (subject to hydrolysis) is 1. The Morgan fingerprint density at radius 2 is 1.79 bits per heavy atom. The van der Waals surface area contributed by atoms with Crippen molar-refractivity contribution in [1.82, 2.24) is 5.32 Å². The maximum Gasteiger partial charge on any atom is 0.408 e. The average molecular weight is 289 g/mol. The number of hydrogen-bond donors (Lipinski definition) is 1. The number of hydrogen-bond acceptors (Lipinski definition) is 4. The lowest BCUT2D eigenvalue weighted by Gasteiger charge is -2.34. The topological polar surface area (TPSA) is 72.5 Å². The van der Waals surface area contributed by atoms with Crippen molar-refractivity contribution in [3.8, 4) is 0 Å². The predicted octanol–water partition coefficient (Wildman–Crippen LogP) is 1.87. The lowest BCUT2D eigenvalue weighted by atomic mass is 9.79. The molecule has 0 bridgehead atoms. The highest BCUT2D eigenvalue weighted by molar-refractivity contribution is 7.91. The Labute approximate surface area is 115 Å². The smallest absolute Gasteiger partial charge is 0.408 e. The molecule has 5 nitrogen and oxygen atoms in total. The Hall–Kier alpha value is -0.780. The Bertz CT molecular complexity index is 487. The van der Waals surface area contributed by atoms with Crippen molar-refractivity contribution in [3.63, 3.8) is 0 Å². The number of carbonyl (C=O) groups excluding carboxylic acids is 1. The van der Waals surface area contributed by atoms with Crippen molar-refractivity contribution >= 4 is 15.9 Å². The van der Waals surface area contributed by atoms with Crippen LogP contribution in [-0.2, 0) is 14.6 Å². The third-order valence-corrected chi connectivity index (χ3v) is 6.05. The third-order valence-electron chi connectivity index (χ3n) is 4.15. The minimum absolute atomic E-state index is 0.162. The fraction of sp³-hybridized carbons (Fsp3) is 0.923. The molecular formula is C13H23NO4S. The van der Waals surface area contributed by atoms with Crippen molar-refractivity contribution in [2.75, 3.05) is 11.5 Å². The minimum Gasteiger partial charge on any atom is -0.444 e. The monoisotopic (exact) mass is 289 g/mol. The van der Waals surface area contributed by atoms with Gasteiger partial charge >= 0.3 is 6.09 Å². The molecule has 0 aromatic carbocycles. The van der Waals surface area contributed by atoms with Gasteiger partial charge in [-0.2, -0.15) is 0 Å². The minimum atomic E-state index is -2.96. The predicted molar refractivity (Wildman–Crippen MR) is 72.7 cm³/mol. The van der Waals surface area contributed by atoms with Crippen LogP contribution in [0.25, 0.3) is 0 Å². The van der Waals surface area contributed by atoms with E-state index in [0.29, 0.717) is 6.42 Å². The SMILES string of the molecule is CC(C)(C)OC(=O)NC1(C2(C)CCS(=O)(=O)C2)CC1. The van der Waals surface area contributed by atoms with Crippen LogP contribution in [0.2, 0.25) is 0 Å². The van der Waals surface area contributed by atoms with Gasteiger partial charge in [-0.15, -0.1) is 0 Å². The molecule has 0 radical (unpaired) electrons. The summed E-state index contributed by atoms with van der Waals surface area (Å²) in [7, 11) is -2.96. The molecule has 2 rings (SSSR count). The highest BCUT2D eigenvalue weighted by Crippen LogP contribution is 2.55. The van der Waals surface area contributed by atoms with Gasteiger partial charge in [0.15, 0.2) is 9.84 Å². The lowest BCUT2D eigenvalue weighted by molar-refractivity contribution is 0.0441. The molecule has 1 unspecified atom stereocenters. The van der Waals surface area contributed by atoms with Crippen LogP contribution in [-0.4, -0.2) is 37.2 Å². The lowest BCUT2D eigenvalue weighted by Crippen LogP contribution is -2.50. The molecular weight excluding hydrogens is 266 g/mol. The number of ether oxygens (including phenoxy) is 1. The largest absolute Gasteiger partial charge is 0.444 e. The van der Waals surface area contributed by atoms with E-state index >= 15 is 0 Å². The van der Waals surface area contributed by atoms with Crippen molar-refractivity contribution < 1.29 is 17.9 Å². The highest BCUT2D eigenvalue weighted by atomic mass is 32.2. The molecule has 1 saturated carbocycles. The summed E-state index contributed by atoms with van der Waals surface area (Å²) < 4.78 is 28.7. The molecule has 2 fully saturated rings. The third kappa shape index (κ3) is 3.04. The Morgan fingerprint density at radius 3 is 2.16 bits per heavy atom. The maximum atomic E-state index is 11.9. The molecule has 0 aromatic heterocycles. The van der Waals surface area contributed by atoms with Gasteiger partial charge in [0.2, 0.25) is 0 Å². The van der Waals surface area contributed by atoms with E-state index < -0.39 is 21.5 Å². The summed E-state index contributed by atoms with van der Waals surface area (Å²) in [6, 6.07) is 0. The molecule has 1 heterocycles. The van der Waals surface area contributed by atoms with Gasteiger partial charge in [0.1, 0.15) is 5.60 Å². The van der Waals surface area contributed by atoms with Crippen LogP contribution in [0.15, 0.2) is 0 Å². The van der Waals surface area contributed by atoms with Gasteiger partial charge in [-0.05, 0) is 40.0 Å². The van der Waals surface area contributed by atoms with Crippen LogP contribution in [0.5, 0.6) is 0 Å². The average Bonchev–Trinajstić information content (AvgIpc) is 2.86. The van der Waals surface area contributed by atoms with Crippen LogP contribution in [0.4, 0.5) is 4.79 Å². The summed E-state index contributed by atoms with van der Waals surface area (Å²) in [5.74, 6) is 0.386. The molecule has 2 aliphatic rings. The number of rotatable bonds is 2.